The van der Waals surface area contributed by atoms with E-state index >= 15 is 0 Å². The van der Waals surface area contributed by atoms with Gasteiger partial charge in [0.05, 0.1) is 7.11 Å². The molecule has 110 valence electrons. The monoisotopic (exact) mass is 289 g/mol. The molecular weight excluding hydrogens is 275 g/mol. The van der Waals surface area contributed by atoms with Gasteiger partial charge in [-0.3, -0.25) is 5.32 Å². The molecule has 7 heteroatoms. The molecule has 1 aromatic rings. The van der Waals surface area contributed by atoms with Crippen LogP contribution in [-0.2, 0) is 9.53 Å². The SMILES string of the molecule is COC(=O)C(NC1CC1)c1cccc(OC(F)(F)F)c1. The summed E-state index contributed by atoms with van der Waals surface area (Å²) in [6, 6.07) is 4.74. The van der Waals surface area contributed by atoms with Crippen LogP contribution in [0.3, 0.4) is 0 Å². The number of hydrogen-bond acceptors (Lipinski definition) is 4. The number of benzene rings is 1. The van der Waals surface area contributed by atoms with E-state index in [1.807, 2.05) is 0 Å². The summed E-state index contributed by atoms with van der Waals surface area (Å²) in [7, 11) is 1.24. The van der Waals surface area contributed by atoms with Gasteiger partial charge in [-0.1, -0.05) is 12.1 Å². The van der Waals surface area contributed by atoms with Crippen molar-refractivity contribution in [2.45, 2.75) is 31.3 Å². The topological polar surface area (TPSA) is 47.6 Å². The number of alkyl halides is 3. The van der Waals surface area contributed by atoms with E-state index in [4.69, 9.17) is 0 Å². The van der Waals surface area contributed by atoms with Crippen molar-refractivity contribution in [2.75, 3.05) is 7.11 Å². The van der Waals surface area contributed by atoms with Crippen LogP contribution in [0.25, 0.3) is 0 Å². The van der Waals surface area contributed by atoms with Crippen LogP contribution in [0.1, 0.15) is 24.4 Å². The van der Waals surface area contributed by atoms with Crippen molar-refractivity contribution in [3.8, 4) is 5.75 Å². The molecule has 0 spiro atoms. The minimum absolute atomic E-state index is 0.200. The fraction of sp³-hybridized carbons (Fsp3) is 0.462. The van der Waals surface area contributed by atoms with Crippen LogP contribution in [0.15, 0.2) is 24.3 Å². The van der Waals surface area contributed by atoms with Gasteiger partial charge in [-0.05, 0) is 30.5 Å². The van der Waals surface area contributed by atoms with Crippen molar-refractivity contribution in [2.24, 2.45) is 0 Å². The molecule has 0 amide bonds. The van der Waals surface area contributed by atoms with Crippen LogP contribution in [0.5, 0.6) is 5.75 Å². The Balaban J connectivity index is 2.19. The van der Waals surface area contributed by atoms with Gasteiger partial charge in [0.1, 0.15) is 11.8 Å². The Kier molecular flexibility index (Phi) is 4.17. The van der Waals surface area contributed by atoms with E-state index in [-0.39, 0.29) is 11.8 Å². The van der Waals surface area contributed by atoms with E-state index in [0.717, 1.165) is 12.8 Å². The first-order chi connectivity index (χ1) is 9.39. The highest BCUT2D eigenvalue weighted by molar-refractivity contribution is 5.77. The Morgan fingerprint density at radius 2 is 2.10 bits per heavy atom. The smallest absolute Gasteiger partial charge is 0.468 e. The third-order valence-electron chi connectivity index (χ3n) is 2.84. The largest absolute Gasteiger partial charge is 0.573 e. The average molecular weight is 289 g/mol. The maximum absolute atomic E-state index is 12.2. The minimum Gasteiger partial charge on any atom is -0.468 e. The zero-order valence-electron chi connectivity index (χ0n) is 10.7. The molecule has 4 nitrogen and oxygen atoms in total. The predicted octanol–water partition coefficient (Wildman–Crippen LogP) is 2.55. The molecule has 0 saturated heterocycles. The third-order valence-corrected chi connectivity index (χ3v) is 2.84. The third kappa shape index (κ3) is 4.12. The molecule has 1 atom stereocenters. The normalized spacial score (nSPS) is 16.6. The molecule has 0 bridgehead atoms. The lowest BCUT2D eigenvalue weighted by atomic mass is 10.1. The summed E-state index contributed by atoms with van der Waals surface area (Å²) in [6.07, 6.45) is -2.89. The van der Waals surface area contributed by atoms with Crippen molar-refractivity contribution in [1.29, 1.82) is 0 Å². The van der Waals surface area contributed by atoms with E-state index in [1.165, 1.54) is 25.3 Å². The van der Waals surface area contributed by atoms with Crippen molar-refractivity contribution in [3.63, 3.8) is 0 Å². The number of ether oxygens (including phenoxy) is 2. The molecule has 0 aromatic heterocycles. The fourth-order valence-corrected chi connectivity index (χ4v) is 1.80. The lowest BCUT2D eigenvalue weighted by Gasteiger charge is -2.17. The van der Waals surface area contributed by atoms with Crippen molar-refractivity contribution in [3.05, 3.63) is 29.8 Å². The van der Waals surface area contributed by atoms with Crippen LogP contribution in [0.2, 0.25) is 0 Å². The molecule has 1 fully saturated rings. The summed E-state index contributed by atoms with van der Waals surface area (Å²) in [4.78, 5) is 11.7. The van der Waals surface area contributed by atoms with Gasteiger partial charge in [0.2, 0.25) is 0 Å². The minimum atomic E-state index is -4.76. The fourth-order valence-electron chi connectivity index (χ4n) is 1.80. The Morgan fingerprint density at radius 3 is 2.65 bits per heavy atom. The molecule has 1 saturated carbocycles. The summed E-state index contributed by atoms with van der Waals surface area (Å²) < 4.78 is 45.1. The molecule has 1 aromatic carbocycles. The number of carbonyl (C=O) groups is 1. The summed E-state index contributed by atoms with van der Waals surface area (Å²) in [5.74, 6) is -0.900. The molecular formula is C13H14F3NO3. The number of rotatable bonds is 5. The molecule has 20 heavy (non-hydrogen) atoms. The zero-order valence-corrected chi connectivity index (χ0v) is 10.7. The maximum Gasteiger partial charge on any atom is 0.573 e. The highest BCUT2D eigenvalue weighted by Crippen LogP contribution is 2.28. The molecule has 2 rings (SSSR count). The van der Waals surface area contributed by atoms with Gasteiger partial charge in [0, 0.05) is 6.04 Å². The standard InChI is InChI=1S/C13H14F3NO3/c1-19-12(18)11(17-9-5-6-9)8-3-2-4-10(7-8)20-13(14,15)16/h2-4,7,9,11,17H,5-6H2,1H3. The first kappa shape index (κ1) is 14.6. The van der Waals surface area contributed by atoms with Crippen LogP contribution < -0.4 is 10.1 Å². The highest BCUT2D eigenvalue weighted by Gasteiger charge is 2.33. The second-order valence-corrected chi connectivity index (χ2v) is 4.52. The van der Waals surface area contributed by atoms with E-state index in [0.29, 0.717) is 5.56 Å². The molecule has 1 aliphatic rings. The van der Waals surface area contributed by atoms with Gasteiger partial charge in [0.15, 0.2) is 0 Å². The molecule has 0 radical (unpaired) electrons. The van der Waals surface area contributed by atoms with Crippen molar-refractivity contribution in [1.82, 2.24) is 5.32 Å². The summed E-state index contributed by atoms with van der Waals surface area (Å²) >= 11 is 0. The molecule has 1 unspecified atom stereocenters. The average Bonchev–Trinajstić information content (AvgIpc) is 3.17. The first-order valence-electron chi connectivity index (χ1n) is 6.08. The number of carbonyl (C=O) groups excluding carboxylic acids is 1. The lowest BCUT2D eigenvalue weighted by molar-refractivity contribution is -0.274. The summed E-state index contributed by atoms with van der Waals surface area (Å²) in [5, 5.41) is 3.04. The number of methoxy groups -OCH3 is 1. The second kappa shape index (κ2) is 5.70. The van der Waals surface area contributed by atoms with Gasteiger partial charge in [-0.25, -0.2) is 4.79 Å². The Hall–Kier alpha value is -1.76. The zero-order chi connectivity index (χ0) is 14.8. The van der Waals surface area contributed by atoms with Crippen LogP contribution in [0, 0.1) is 0 Å². The Labute approximate surface area is 113 Å². The van der Waals surface area contributed by atoms with Gasteiger partial charge in [0.25, 0.3) is 0 Å². The van der Waals surface area contributed by atoms with Gasteiger partial charge in [-0.2, -0.15) is 0 Å². The maximum atomic E-state index is 12.2. The van der Waals surface area contributed by atoms with Gasteiger partial charge in [-0.15, -0.1) is 13.2 Å². The molecule has 1 aliphatic carbocycles. The van der Waals surface area contributed by atoms with Crippen molar-refractivity contribution < 1.29 is 27.4 Å². The van der Waals surface area contributed by atoms with Gasteiger partial charge >= 0.3 is 12.3 Å². The molecule has 0 heterocycles. The van der Waals surface area contributed by atoms with Crippen molar-refractivity contribution >= 4 is 5.97 Å². The van der Waals surface area contributed by atoms with E-state index in [9.17, 15) is 18.0 Å². The van der Waals surface area contributed by atoms with E-state index in [2.05, 4.69) is 14.8 Å². The quantitative estimate of drug-likeness (QED) is 0.846. The number of halogens is 3. The van der Waals surface area contributed by atoms with E-state index in [1.54, 1.807) is 6.07 Å². The molecule has 1 N–H and O–H groups in total. The Morgan fingerprint density at radius 1 is 1.40 bits per heavy atom. The number of hydrogen-bond donors (Lipinski definition) is 1. The predicted molar refractivity (Wildman–Crippen MR) is 64.0 cm³/mol. The summed E-state index contributed by atoms with van der Waals surface area (Å²) in [6.45, 7) is 0. The summed E-state index contributed by atoms with van der Waals surface area (Å²) in [5.41, 5.74) is 0.380. The molecule has 0 aliphatic heterocycles. The lowest BCUT2D eigenvalue weighted by Crippen LogP contribution is -2.31. The Bertz CT molecular complexity index is 486. The van der Waals surface area contributed by atoms with Gasteiger partial charge < -0.3 is 9.47 Å². The van der Waals surface area contributed by atoms with Crippen LogP contribution >= 0.6 is 0 Å². The van der Waals surface area contributed by atoms with E-state index < -0.39 is 18.4 Å². The highest BCUT2D eigenvalue weighted by atomic mass is 19.4. The first-order valence-corrected chi connectivity index (χ1v) is 6.08. The second-order valence-electron chi connectivity index (χ2n) is 4.52. The van der Waals surface area contributed by atoms with Crippen LogP contribution in [-0.4, -0.2) is 25.5 Å². The van der Waals surface area contributed by atoms with Crippen LogP contribution in [0.4, 0.5) is 13.2 Å². The number of nitrogens with one attached hydrogen (secondary N) is 1. The number of esters is 1.